The van der Waals surface area contributed by atoms with Crippen LogP contribution in [0.1, 0.15) is 21.6 Å². The van der Waals surface area contributed by atoms with Gasteiger partial charge >= 0.3 is 0 Å². The van der Waals surface area contributed by atoms with E-state index in [9.17, 15) is 4.79 Å². The summed E-state index contributed by atoms with van der Waals surface area (Å²) in [6.07, 6.45) is 0.927. The molecule has 0 bridgehead atoms. The molecule has 0 unspecified atom stereocenters. The summed E-state index contributed by atoms with van der Waals surface area (Å²) in [6, 6.07) is 5.95. The Morgan fingerprint density at radius 1 is 1.27 bits per heavy atom. The second kappa shape index (κ2) is 2.57. The third-order valence-corrected chi connectivity index (χ3v) is 2.92. The quantitative estimate of drug-likeness (QED) is 0.562. The molecule has 0 aromatic carbocycles. The maximum atomic E-state index is 11.0. The Labute approximate surface area is 86.7 Å². The van der Waals surface area contributed by atoms with E-state index in [1.807, 2.05) is 36.4 Å². The zero-order valence-electron chi connectivity index (χ0n) is 8.61. The molecule has 3 aromatic rings. The van der Waals surface area contributed by atoms with E-state index in [1.54, 1.807) is 0 Å². The van der Waals surface area contributed by atoms with E-state index < -0.39 is 0 Å². The van der Waals surface area contributed by atoms with Gasteiger partial charge in [-0.1, -0.05) is 0 Å². The molecule has 0 saturated carbocycles. The largest absolute Gasteiger partial charge is 0.298 e. The van der Waals surface area contributed by atoms with Crippen LogP contribution in [-0.4, -0.2) is 15.7 Å². The number of hydrogen-bond acceptors (Lipinski definition) is 2. The SMILES string of the molecule is Cc1cc2c(C=O)c(C)c3ccc(n1)n32. The van der Waals surface area contributed by atoms with Crippen molar-refractivity contribution in [2.75, 3.05) is 0 Å². The fraction of sp³-hybridized carbons (Fsp3) is 0.167. The third kappa shape index (κ3) is 0.897. The number of rotatable bonds is 1. The summed E-state index contributed by atoms with van der Waals surface area (Å²) >= 11 is 0. The van der Waals surface area contributed by atoms with Gasteiger partial charge in [0.05, 0.1) is 11.0 Å². The lowest BCUT2D eigenvalue weighted by molar-refractivity contribution is 0.112. The maximum absolute atomic E-state index is 11.0. The van der Waals surface area contributed by atoms with E-state index in [0.29, 0.717) is 0 Å². The maximum Gasteiger partial charge on any atom is 0.152 e. The molecule has 0 spiro atoms. The van der Waals surface area contributed by atoms with Gasteiger partial charge in [0, 0.05) is 11.3 Å². The topological polar surface area (TPSA) is 34.4 Å². The van der Waals surface area contributed by atoms with E-state index >= 15 is 0 Å². The van der Waals surface area contributed by atoms with Gasteiger partial charge in [-0.05, 0) is 37.6 Å². The molecule has 15 heavy (non-hydrogen) atoms. The van der Waals surface area contributed by atoms with E-state index in [2.05, 4.69) is 4.98 Å². The molecule has 3 nitrogen and oxygen atoms in total. The monoisotopic (exact) mass is 198 g/mol. The fourth-order valence-corrected chi connectivity index (χ4v) is 2.21. The summed E-state index contributed by atoms with van der Waals surface area (Å²) in [5, 5.41) is 0. The minimum atomic E-state index is 0.779. The molecule has 74 valence electrons. The Kier molecular flexibility index (Phi) is 1.44. The van der Waals surface area contributed by atoms with Crippen molar-refractivity contribution in [3.8, 4) is 0 Å². The van der Waals surface area contributed by atoms with Crippen LogP contribution in [0.15, 0.2) is 18.2 Å². The Morgan fingerprint density at radius 2 is 2.07 bits per heavy atom. The lowest BCUT2D eigenvalue weighted by Gasteiger charge is -1.98. The Morgan fingerprint density at radius 3 is 2.80 bits per heavy atom. The lowest BCUT2D eigenvalue weighted by atomic mass is 10.1. The lowest BCUT2D eigenvalue weighted by Crippen LogP contribution is -1.90. The summed E-state index contributed by atoms with van der Waals surface area (Å²) in [6.45, 7) is 3.92. The van der Waals surface area contributed by atoms with Gasteiger partial charge in [0.1, 0.15) is 5.65 Å². The van der Waals surface area contributed by atoms with E-state index in [0.717, 1.165) is 39.8 Å². The normalized spacial score (nSPS) is 11.6. The van der Waals surface area contributed by atoms with Gasteiger partial charge < -0.3 is 0 Å². The van der Waals surface area contributed by atoms with E-state index in [-0.39, 0.29) is 0 Å². The van der Waals surface area contributed by atoms with Crippen LogP contribution in [0, 0.1) is 13.8 Å². The molecular weight excluding hydrogens is 188 g/mol. The zero-order valence-corrected chi connectivity index (χ0v) is 8.61. The predicted molar refractivity (Wildman–Crippen MR) is 58.7 cm³/mol. The highest BCUT2D eigenvalue weighted by atomic mass is 16.1. The second-order valence-electron chi connectivity index (χ2n) is 3.85. The number of carbonyl (C=O) groups excluding carboxylic acids is 1. The molecule has 0 N–H and O–H groups in total. The first-order valence-corrected chi connectivity index (χ1v) is 4.88. The van der Waals surface area contributed by atoms with Gasteiger partial charge in [0.2, 0.25) is 0 Å². The van der Waals surface area contributed by atoms with Crippen LogP contribution in [-0.2, 0) is 0 Å². The van der Waals surface area contributed by atoms with Gasteiger partial charge in [-0.25, -0.2) is 4.98 Å². The highest BCUT2D eigenvalue weighted by Crippen LogP contribution is 2.26. The number of aryl methyl sites for hydroxylation is 2. The minimum absolute atomic E-state index is 0.779. The molecule has 3 heterocycles. The van der Waals surface area contributed by atoms with Crippen LogP contribution in [0.2, 0.25) is 0 Å². The summed E-state index contributed by atoms with van der Waals surface area (Å²) < 4.78 is 2.03. The van der Waals surface area contributed by atoms with Crippen LogP contribution in [0.25, 0.3) is 16.7 Å². The van der Waals surface area contributed by atoms with Crippen LogP contribution >= 0.6 is 0 Å². The average molecular weight is 198 g/mol. The molecule has 0 aliphatic rings. The Bertz CT molecular complexity index is 667. The highest BCUT2D eigenvalue weighted by molar-refractivity contribution is 5.95. The summed E-state index contributed by atoms with van der Waals surface area (Å²) in [7, 11) is 0. The van der Waals surface area contributed by atoms with Gasteiger partial charge in [0.25, 0.3) is 0 Å². The van der Waals surface area contributed by atoms with Crippen molar-refractivity contribution in [2.24, 2.45) is 0 Å². The molecule has 0 aliphatic heterocycles. The fourth-order valence-electron chi connectivity index (χ4n) is 2.21. The van der Waals surface area contributed by atoms with Gasteiger partial charge in [-0.2, -0.15) is 0 Å². The van der Waals surface area contributed by atoms with Gasteiger partial charge in [0.15, 0.2) is 6.29 Å². The van der Waals surface area contributed by atoms with Crippen LogP contribution in [0.3, 0.4) is 0 Å². The van der Waals surface area contributed by atoms with E-state index in [1.165, 1.54) is 0 Å². The first-order valence-electron chi connectivity index (χ1n) is 4.88. The minimum Gasteiger partial charge on any atom is -0.298 e. The van der Waals surface area contributed by atoms with Crippen LogP contribution in [0.4, 0.5) is 0 Å². The van der Waals surface area contributed by atoms with Crippen LogP contribution in [0.5, 0.6) is 0 Å². The number of nitrogens with zero attached hydrogens (tertiary/aromatic N) is 2. The van der Waals surface area contributed by atoms with Crippen molar-refractivity contribution in [3.63, 3.8) is 0 Å². The average Bonchev–Trinajstić information content (AvgIpc) is 2.71. The summed E-state index contributed by atoms with van der Waals surface area (Å²) in [4.78, 5) is 15.5. The molecule has 3 aromatic heterocycles. The van der Waals surface area contributed by atoms with Crippen molar-refractivity contribution in [2.45, 2.75) is 13.8 Å². The molecular formula is C12H10N2O. The first-order chi connectivity index (χ1) is 7.22. The zero-order chi connectivity index (χ0) is 10.6. The summed E-state index contributed by atoms with van der Waals surface area (Å²) in [5.41, 5.74) is 5.71. The Balaban J connectivity index is 2.68. The molecule has 0 saturated heterocycles. The standard InChI is InChI=1S/C12H10N2O/c1-7-5-11-9(6-15)8(2)10-3-4-12(13-7)14(10)11/h3-6H,1-2H3. The second-order valence-corrected chi connectivity index (χ2v) is 3.85. The molecule has 0 fully saturated rings. The number of aromatic nitrogens is 2. The highest BCUT2D eigenvalue weighted by Gasteiger charge is 2.14. The Hall–Kier alpha value is -1.90. The van der Waals surface area contributed by atoms with Gasteiger partial charge in [-0.3, -0.25) is 9.20 Å². The third-order valence-electron chi connectivity index (χ3n) is 2.92. The number of aldehydes is 1. The number of carbonyl (C=O) groups is 1. The van der Waals surface area contributed by atoms with E-state index in [4.69, 9.17) is 0 Å². The number of hydrogen-bond donors (Lipinski definition) is 0. The predicted octanol–water partition coefficient (Wildman–Crippen LogP) is 2.35. The van der Waals surface area contributed by atoms with Crippen LogP contribution < -0.4 is 0 Å². The van der Waals surface area contributed by atoms with Crippen molar-refractivity contribution >= 4 is 23.0 Å². The van der Waals surface area contributed by atoms with Crippen molar-refractivity contribution in [1.29, 1.82) is 0 Å². The first kappa shape index (κ1) is 8.41. The molecule has 0 aliphatic carbocycles. The molecule has 0 atom stereocenters. The molecule has 3 rings (SSSR count). The molecule has 0 amide bonds. The van der Waals surface area contributed by atoms with Crippen molar-refractivity contribution in [3.05, 3.63) is 35.0 Å². The van der Waals surface area contributed by atoms with Crippen molar-refractivity contribution in [1.82, 2.24) is 9.38 Å². The molecule has 0 radical (unpaired) electrons. The van der Waals surface area contributed by atoms with Gasteiger partial charge in [-0.15, -0.1) is 0 Å². The van der Waals surface area contributed by atoms with Crippen molar-refractivity contribution < 1.29 is 4.79 Å². The summed E-state index contributed by atoms with van der Waals surface area (Å²) in [5.74, 6) is 0. The smallest absolute Gasteiger partial charge is 0.152 e. The molecule has 3 heteroatoms.